The highest BCUT2D eigenvalue weighted by atomic mass is 35.5. The molecule has 0 aliphatic carbocycles. The molecule has 1 aromatic heterocycles. The normalized spacial score (nSPS) is 10.3. The fourth-order valence-electron chi connectivity index (χ4n) is 1.34. The second-order valence-electron chi connectivity index (χ2n) is 3.52. The van der Waals surface area contributed by atoms with Crippen LogP contribution in [0.2, 0.25) is 10.0 Å². The standard InChI is InChI=1S/C11H9Cl2N3OS/c12-8-1-6(2-9(14)10(8)13)11(17)15-3-7-4-18-5-16-7/h1-2,4-5H,3,14H2,(H,15,17). The summed E-state index contributed by atoms with van der Waals surface area (Å²) in [6.45, 7) is 0.364. The molecular formula is C11H9Cl2N3OS. The average molecular weight is 302 g/mol. The van der Waals surface area contributed by atoms with E-state index in [9.17, 15) is 4.79 Å². The average Bonchev–Trinajstić information content (AvgIpc) is 2.85. The molecule has 0 aliphatic rings. The van der Waals surface area contributed by atoms with Crippen LogP contribution in [0.3, 0.4) is 0 Å². The van der Waals surface area contributed by atoms with E-state index >= 15 is 0 Å². The van der Waals surface area contributed by atoms with E-state index in [-0.39, 0.29) is 21.6 Å². The molecule has 2 rings (SSSR count). The Balaban J connectivity index is 2.09. The van der Waals surface area contributed by atoms with Crippen molar-refractivity contribution in [1.82, 2.24) is 10.3 Å². The van der Waals surface area contributed by atoms with Crippen LogP contribution in [-0.4, -0.2) is 10.9 Å². The van der Waals surface area contributed by atoms with Gasteiger partial charge in [0, 0.05) is 10.9 Å². The number of rotatable bonds is 3. The number of carbonyl (C=O) groups is 1. The first-order chi connectivity index (χ1) is 8.58. The first-order valence-corrected chi connectivity index (χ1v) is 6.67. The lowest BCUT2D eigenvalue weighted by molar-refractivity contribution is 0.0950. The summed E-state index contributed by atoms with van der Waals surface area (Å²) in [5.74, 6) is -0.270. The van der Waals surface area contributed by atoms with E-state index in [0.717, 1.165) is 5.69 Å². The van der Waals surface area contributed by atoms with Crippen LogP contribution in [0.25, 0.3) is 0 Å². The number of hydrogen-bond acceptors (Lipinski definition) is 4. The van der Waals surface area contributed by atoms with Gasteiger partial charge in [-0.05, 0) is 12.1 Å². The van der Waals surface area contributed by atoms with Crippen molar-refractivity contribution in [1.29, 1.82) is 0 Å². The minimum atomic E-state index is -0.270. The highest BCUT2D eigenvalue weighted by Crippen LogP contribution is 2.29. The highest BCUT2D eigenvalue weighted by molar-refractivity contribution is 7.07. The summed E-state index contributed by atoms with van der Waals surface area (Å²) in [6.07, 6.45) is 0. The van der Waals surface area contributed by atoms with Gasteiger partial charge in [0.1, 0.15) is 0 Å². The van der Waals surface area contributed by atoms with Crippen molar-refractivity contribution in [3.63, 3.8) is 0 Å². The molecule has 0 fully saturated rings. The van der Waals surface area contributed by atoms with E-state index in [0.29, 0.717) is 12.1 Å². The van der Waals surface area contributed by atoms with Crippen LogP contribution < -0.4 is 11.1 Å². The van der Waals surface area contributed by atoms with Crippen LogP contribution in [0.15, 0.2) is 23.0 Å². The number of amides is 1. The van der Waals surface area contributed by atoms with Gasteiger partial charge in [-0.1, -0.05) is 23.2 Å². The maximum absolute atomic E-state index is 11.9. The van der Waals surface area contributed by atoms with E-state index in [2.05, 4.69) is 10.3 Å². The van der Waals surface area contributed by atoms with Crippen LogP contribution in [-0.2, 0) is 6.54 Å². The molecule has 0 saturated carbocycles. The van der Waals surface area contributed by atoms with Crippen molar-refractivity contribution in [2.45, 2.75) is 6.54 Å². The molecule has 4 nitrogen and oxygen atoms in total. The molecule has 7 heteroatoms. The Morgan fingerprint density at radius 2 is 2.22 bits per heavy atom. The van der Waals surface area contributed by atoms with Gasteiger partial charge in [0.05, 0.1) is 33.5 Å². The molecule has 0 radical (unpaired) electrons. The lowest BCUT2D eigenvalue weighted by Gasteiger charge is -2.07. The summed E-state index contributed by atoms with van der Waals surface area (Å²) in [5, 5.41) is 5.10. The van der Waals surface area contributed by atoms with Crippen LogP contribution in [0.1, 0.15) is 16.1 Å². The van der Waals surface area contributed by atoms with Crippen molar-refractivity contribution in [3.05, 3.63) is 44.3 Å². The van der Waals surface area contributed by atoms with Gasteiger partial charge in [0.2, 0.25) is 0 Å². The van der Waals surface area contributed by atoms with Crippen molar-refractivity contribution in [3.8, 4) is 0 Å². The first kappa shape index (κ1) is 13.1. The molecule has 0 bridgehead atoms. The third kappa shape index (κ3) is 2.93. The third-order valence-electron chi connectivity index (χ3n) is 2.23. The predicted molar refractivity (Wildman–Crippen MR) is 74.2 cm³/mol. The molecule has 0 aliphatic heterocycles. The Kier molecular flexibility index (Phi) is 4.06. The van der Waals surface area contributed by atoms with Gasteiger partial charge in [0.15, 0.2) is 0 Å². The Morgan fingerprint density at radius 3 is 2.83 bits per heavy atom. The molecule has 2 aromatic rings. The van der Waals surface area contributed by atoms with Gasteiger partial charge in [-0.25, -0.2) is 4.98 Å². The van der Waals surface area contributed by atoms with E-state index < -0.39 is 0 Å². The monoisotopic (exact) mass is 301 g/mol. The molecule has 0 unspecified atom stereocenters. The lowest BCUT2D eigenvalue weighted by Crippen LogP contribution is -2.23. The highest BCUT2D eigenvalue weighted by Gasteiger charge is 2.11. The van der Waals surface area contributed by atoms with E-state index in [1.165, 1.54) is 23.5 Å². The number of aromatic nitrogens is 1. The maximum Gasteiger partial charge on any atom is 0.251 e. The molecule has 3 N–H and O–H groups in total. The minimum absolute atomic E-state index is 0.257. The van der Waals surface area contributed by atoms with Crippen molar-refractivity contribution in [2.24, 2.45) is 0 Å². The summed E-state index contributed by atoms with van der Waals surface area (Å²) < 4.78 is 0. The maximum atomic E-state index is 11.9. The molecule has 0 spiro atoms. The van der Waals surface area contributed by atoms with Crippen molar-refractivity contribution in [2.75, 3.05) is 5.73 Å². The Morgan fingerprint density at radius 1 is 1.44 bits per heavy atom. The SMILES string of the molecule is Nc1cc(C(=O)NCc2cscn2)cc(Cl)c1Cl. The largest absolute Gasteiger partial charge is 0.397 e. The summed E-state index contributed by atoms with van der Waals surface area (Å²) >= 11 is 13.1. The van der Waals surface area contributed by atoms with E-state index in [1.54, 1.807) is 5.51 Å². The van der Waals surface area contributed by atoms with Gasteiger partial charge >= 0.3 is 0 Å². The molecule has 1 aromatic carbocycles. The molecule has 18 heavy (non-hydrogen) atoms. The van der Waals surface area contributed by atoms with Gasteiger partial charge in [-0.15, -0.1) is 11.3 Å². The number of benzene rings is 1. The summed E-state index contributed by atoms with van der Waals surface area (Å²) in [4.78, 5) is 15.9. The lowest BCUT2D eigenvalue weighted by atomic mass is 10.2. The van der Waals surface area contributed by atoms with Crippen LogP contribution in [0, 0.1) is 0 Å². The van der Waals surface area contributed by atoms with E-state index in [1.807, 2.05) is 5.38 Å². The second-order valence-corrected chi connectivity index (χ2v) is 5.03. The molecular weight excluding hydrogens is 293 g/mol. The fourth-order valence-corrected chi connectivity index (χ4v) is 2.23. The van der Waals surface area contributed by atoms with Crippen LogP contribution in [0.4, 0.5) is 5.69 Å². The zero-order chi connectivity index (χ0) is 13.1. The quantitative estimate of drug-likeness (QED) is 0.857. The molecule has 0 saturated heterocycles. The molecule has 0 atom stereocenters. The third-order valence-corrected chi connectivity index (χ3v) is 3.68. The van der Waals surface area contributed by atoms with Gasteiger partial charge in [-0.3, -0.25) is 4.79 Å². The van der Waals surface area contributed by atoms with Crippen molar-refractivity contribution >= 4 is 46.1 Å². The zero-order valence-corrected chi connectivity index (χ0v) is 11.4. The number of hydrogen-bond donors (Lipinski definition) is 2. The van der Waals surface area contributed by atoms with E-state index in [4.69, 9.17) is 28.9 Å². The number of nitrogen functional groups attached to an aromatic ring is 1. The number of nitrogens with one attached hydrogen (secondary N) is 1. The number of anilines is 1. The summed E-state index contributed by atoms with van der Waals surface area (Å²) in [7, 11) is 0. The number of nitrogens with two attached hydrogens (primary N) is 1. The Bertz CT molecular complexity index is 549. The van der Waals surface area contributed by atoms with Crippen molar-refractivity contribution < 1.29 is 4.79 Å². The van der Waals surface area contributed by atoms with Gasteiger partial charge in [0.25, 0.3) is 5.91 Å². The number of thiazole rings is 1. The van der Waals surface area contributed by atoms with Crippen LogP contribution in [0.5, 0.6) is 0 Å². The smallest absolute Gasteiger partial charge is 0.251 e. The minimum Gasteiger partial charge on any atom is -0.397 e. The molecule has 1 heterocycles. The number of nitrogens with zero attached hydrogens (tertiary/aromatic N) is 1. The first-order valence-electron chi connectivity index (χ1n) is 4.97. The predicted octanol–water partition coefficient (Wildman–Crippen LogP) is 2.96. The summed E-state index contributed by atoms with van der Waals surface area (Å²) in [6, 6.07) is 2.97. The fraction of sp³-hybridized carbons (Fsp3) is 0.0909. The second kappa shape index (κ2) is 5.56. The number of halogens is 2. The Labute approximate surface area is 118 Å². The van der Waals surface area contributed by atoms with Gasteiger partial charge in [-0.2, -0.15) is 0 Å². The Hall–Kier alpha value is -1.30. The van der Waals surface area contributed by atoms with Crippen LogP contribution >= 0.6 is 34.5 Å². The molecule has 1 amide bonds. The zero-order valence-electron chi connectivity index (χ0n) is 9.11. The van der Waals surface area contributed by atoms with Gasteiger partial charge < -0.3 is 11.1 Å². The topological polar surface area (TPSA) is 68.0 Å². The molecule has 94 valence electrons. The number of carbonyl (C=O) groups excluding carboxylic acids is 1. The summed E-state index contributed by atoms with van der Waals surface area (Å²) in [5.41, 5.74) is 8.81.